The van der Waals surface area contributed by atoms with E-state index in [-0.39, 0.29) is 42.5 Å². The SMILES string of the molecule is CCCN1C(=O)c2cc(C(=O)NCc3ccccn3)nn2C[C@]1(C)C(=O)NC1CCCC1. The van der Waals surface area contributed by atoms with Crippen molar-refractivity contribution in [1.29, 1.82) is 0 Å². The molecular weight excluding hydrogens is 408 g/mol. The van der Waals surface area contributed by atoms with Crippen molar-refractivity contribution in [3.63, 3.8) is 0 Å². The lowest BCUT2D eigenvalue weighted by molar-refractivity contribution is -0.133. The van der Waals surface area contributed by atoms with Gasteiger partial charge in [0.2, 0.25) is 5.91 Å². The second-order valence-electron chi connectivity index (χ2n) is 8.76. The smallest absolute Gasteiger partial charge is 0.273 e. The molecule has 0 radical (unpaired) electrons. The first-order valence-electron chi connectivity index (χ1n) is 11.3. The van der Waals surface area contributed by atoms with Gasteiger partial charge in [-0.3, -0.25) is 24.0 Å². The van der Waals surface area contributed by atoms with Gasteiger partial charge in [0.05, 0.1) is 18.8 Å². The van der Waals surface area contributed by atoms with E-state index >= 15 is 0 Å². The number of carbonyl (C=O) groups excluding carboxylic acids is 3. The van der Waals surface area contributed by atoms with E-state index in [9.17, 15) is 14.4 Å². The third-order valence-electron chi connectivity index (χ3n) is 6.31. The Hall–Kier alpha value is -3.23. The number of carbonyl (C=O) groups is 3. The van der Waals surface area contributed by atoms with Gasteiger partial charge in [0.25, 0.3) is 11.8 Å². The molecule has 32 heavy (non-hydrogen) atoms. The van der Waals surface area contributed by atoms with Crippen LogP contribution in [0, 0.1) is 0 Å². The molecule has 1 fully saturated rings. The molecule has 0 bridgehead atoms. The Morgan fingerprint density at radius 2 is 2.03 bits per heavy atom. The Bertz CT molecular complexity index is 998. The minimum atomic E-state index is -1.06. The van der Waals surface area contributed by atoms with Crippen molar-refractivity contribution in [1.82, 2.24) is 30.3 Å². The van der Waals surface area contributed by atoms with E-state index in [0.717, 1.165) is 37.8 Å². The van der Waals surface area contributed by atoms with Crippen LogP contribution in [-0.2, 0) is 17.9 Å². The largest absolute Gasteiger partial charge is 0.351 e. The number of amides is 3. The molecule has 0 aromatic carbocycles. The van der Waals surface area contributed by atoms with Crippen LogP contribution in [0.1, 0.15) is 72.6 Å². The summed E-state index contributed by atoms with van der Waals surface area (Å²) in [7, 11) is 0. The summed E-state index contributed by atoms with van der Waals surface area (Å²) >= 11 is 0. The molecule has 1 aliphatic carbocycles. The molecule has 2 N–H and O–H groups in total. The normalized spacial score (nSPS) is 20.8. The van der Waals surface area contributed by atoms with Crippen LogP contribution in [-0.4, -0.2) is 55.5 Å². The van der Waals surface area contributed by atoms with Crippen LogP contribution >= 0.6 is 0 Å². The van der Waals surface area contributed by atoms with Gasteiger partial charge < -0.3 is 15.5 Å². The third-order valence-corrected chi connectivity index (χ3v) is 6.31. The Labute approximate surface area is 187 Å². The zero-order chi connectivity index (χ0) is 22.7. The zero-order valence-electron chi connectivity index (χ0n) is 18.6. The number of hydrogen-bond donors (Lipinski definition) is 2. The van der Waals surface area contributed by atoms with E-state index < -0.39 is 5.54 Å². The topological polar surface area (TPSA) is 109 Å². The van der Waals surface area contributed by atoms with Crippen molar-refractivity contribution in [3.8, 4) is 0 Å². The first kappa shape index (κ1) is 22.0. The fourth-order valence-corrected chi connectivity index (χ4v) is 4.50. The van der Waals surface area contributed by atoms with E-state index in [0.29, 0.717) is 12.2 Å². The quantitative estimate of drug-likeness (QED) is 0.686. The van der Waals surface area contributed by atoms with Crippen molar-refractivity contribution >= 4 is 17.7 Å². The molecule has 4 rings (SSSR count). The molecule has 2 aliphatic rings. The van der Waals surface area contributed by atoms with Gasteiger partial charge in [-0.1, -0.05) is 25.8 Å². The van der Waals surface area contributed by atoms with E-state index in [1.807, 2.05) is 25.1 Å². The Morgan fingerprint density at radius 1 is 1.25 bits per heavy atom. The van der Waals surface area contributed by atoms with E-state index in [1.165, 1.54) is 10.7 Å². The average molecular weight is 439 g/mol. The minimum absolute atomic E-state index is 0.154. The number of nitrogens with zero attached hydrogens (tertiary/aromatic N) is 4. The average Bonchev–Trinajstić information content (AvgIpc) is 3.45. The number of pyridine rings is 1. The van der Waals surface area contributed by atoms with Crippen molar-refractivity contribution in [3.05, 3.63) is 47.5 Å². The van der Waals surface area contributed by atoms with Crippen LogP contribution in [0.2, 0.25) is 0 Å². The van der Waals surface area contributed by atoms with Crippen molar-refractivity contribution in [2.75, 3.05) is 6.54 Å². The summed E-state index contributed by atoms with van der Waals surface area (Å²) in [6.07, 6.45) is 6.55. The highest BCUT2D eigenvalue weighted by atomic mass is 16.2. The number of hydrogen-bond acceptors (Lipinski definition) is 5. The van der Waals surface area contributed by atoms with Crippen LogP contribution in [0.25, 0.3) is 0 Å². The van der Waals surface area contributed by atoms with E-state index in [2.05, 4.69) is 20.7 Å². The molecule has 0 saturated heterocycles. The molecule has 3 heterocycles. The fourth-order valence-electron chi connectivity index (χ4n) is 4.50. The highest BCUT2D eigenvalue weighted by Gasteiger charge is 2.48. The summed E-state index contributed by atoms with van der Waals surface area (Å²) in [6, 6.07) is 7.14. The number of nitrogens with one attached hydrogen (secondary N) is 2. The molecule has 0 spiro atoms. The molecule has 3 amide bonds. The third kappa shape index (κ3) is 4.24. The van der Waals surface area contributed by atoms with Crippen LogP contribution < -0.4 is 10.6 Å². The van der Waals surface area contributed by atoms with Gasteiger partial charge in [-0.05, 0) is 38.3 Å². The van der Waals surface area contributed by atoms with Crippen molar-refractivity contribution < 1.29 is 14.4 Å². The van der Waals surface area contributed by atoms with Crippen LogP contribution in [0.15, 0.2) is 30.5 Å². The maximum Gasteiger partial charge on any atom is 0.273 e. The van der Waals surface area contributed by atoms with Gasteiger partial charge in [-0.2, -0.15) is 5.10 Å². The lowest BCUT2D eigenvalue weighted by Gasteiger charge is -2.43. The summed E-state index contributed by atoms with van der Waals surface area (Å²) in [6.45, 7) is 4.69. The van der Waals surface area contributed by atoms with Crippen molar-refractivity contribution in [2.45, 2.75) is 70.6 Å². The molecule has 0 unspecified atom stereocenters. The van der Waals surface area contributed by atoms with E-state index in [4.69, 9.17) is 0 Å². The summed E-state index contributed by atoms with van der Waals surface area (Å²) in [5.74, 6) is -0.823. The molecule has 1 aliphatic heterocycles. The number of fused-ring (bicyclic) bond motifs is 1. The lowest BCUT2D eigenvalue weighted by atomic mass is 9.94. The van der Waals surface area contributed by atoms with Gasteiger partial charge in [0.15, 0.2) is 5.69 Å². The maximum absolute atomic E-state index is 13.3. The lowest BCUT2D eigenvalue weighted by Crippen LogP contribution is -2.65. The molecule has 2 aromatic heterocycles. The maximum atomic E-state index is 13.3. The van der Waals surface area contributed by atoms with Gasteiger partial charge >= 0.3 is 0 Å². The standard InChI is InChI=1S/C23H30N6O3/c1-3-12-28-21(31)19-13-18(20(30)25-14-17-10-6-7-11-24-17)27-29(19)15-23(28,2)22(32)26-16-8-4-5-9-16/h6-7,10-11,13,16H,3-5,8-9,12,14-15H2,1-2H3,(H,25,30)(H,26,32)/t23-/m1/s1. The molecule has 9 heteroatoms. The summed E-state index contributed by atoms with van der Waals surface area (Å²) in [5, 5.41) is 10.3. The molecule has 9 nitrogen and oxygen atoms in total. The highest BCUT2D eigenvalue weighted by molar-refractivity contribution is 6.01. The zero-order valence-corrected chi connectivity index (χ0v) is 18.6. The highest BCUT2D eigenvalue weighted by Crippen LogP contribution is 2.29. The molecule has 1 saturated carbocycles. The van der Waals surface area contributed by atoms with Crippen molar-refractivity contribution in [2.24, 2.45) is 0 Å². The van der Waals surface area contributed by atoms with Crippen LogP contribution in [0.3, 0.4) is 0 Å². The first-order chi connectivity index (χ1) is 15.4. The Balaban J connectivity index is 1.54. The second kappa shape index (κ2) is 9.10. The second-order valence-corrected chi connectivity index (χ2v) is 8.76. The van der Waals surface area contributed by atoms with Gasteiger partial charge in [-0.15, -0.1) is 0 Å². The fraction of sp³-hybridized carbons (Fsp3) is 0.522. The predicted octanol–water partition coefficient (Wildman–Crippen LogP) is 1.89. The molecule has 2 aromatic rings. The van der Waals surface area contributed by atoms with Gasteiger partial charge in [0.1, 0.15) is 11.2 Å². The van der Waals surface area contributed by atoms with Gasteiger partial charge in [0, 0.05) is 24.8 Å². The summed E-state index contributed by atoms with van der Waals surface area (Å²) in [5.41, 5.74) is 0.149. The monoisotopic (exact) mass is 438 g/mol. The predicted molar refractivity (Wildman–Crippen MR) is 118 cm³/mol. The Morgan fingerprint density at radius 3 is 2.72 bits per heavy atom. The first-order valence-corrected chi connectivity index (χ1v) is 11.3. The molecular formula is C23H30N6O3. The van der Waals surface area contributed by atoms with Crippen LogP contribution in [0.5, 0.6) is 0 Å². The minimum Gasteiger partial charge on any atom is -0.351 e. The number of rotatable bonds is 7. The number of aromatic nitrogens is 3. The molecule has 170 valence electrons. The summed E-state index contributed by atoms with van der Waals surface area (Å²) in [4.78, 5) is 45.1. The molecule has 1 atom stereocenters. The van der Waals surface area contributed by atoms with Crippen LogP contribution in [0.4, 0.5) is 0 Å². The Kier molecular flexibility index (Phi) is 6.25. The summed E-state index contributed by atoms with van der Waals surface area (Å²) < 4.78 is 1.50. The van der Waals surface area contributed by atoms with E-state index in [1.54, 1.807) is 18.0 Å². The van der Waals surface area contributed by atoms with Gasteiger partial charge in [-0.25, -0.2) is 0 Å².